The van der Waals surface area contributed by atoms with E-state index in [4.69, 9.17) is 5.11 Å². The second-order valence-electron chi connectivity index (χ2n) is 5.55. The molecule has 0 aliphatic carbocycles. The zero-order chi connectivity index (χ0) is 20.0. The molecule has 0 aromatic carbocycles. The number of allylic oxidation sites excluding steroid dienone is 8. The van der Waals surface area contributed by atoms with Crippen LogP contribution in [0.2, 0.25) is 0 Å². The highest BCUT2D eigenvalue weighted by molar-refractivity contribution is 5.44. The first-order valence-corrected chi connectivity index (χ1v) is 8.79. The van der Waals surface area contributed by atoms with E-state index in [1.807, 2.05) is 26.8 Å². The van der Waals surface area contributed by atoms with Crippen LogP contribution >= 0.6 is 0 Å². The molecule has 0 radical (unpaired) electrons. The number of aliphatic hydroxyl groups is 1. The fraction of sp³-hybridized carbons (Fsp3) is 0.391. The van der Waals surface area contributed by atoms with Crippen molar-refractivity contribution >= 4 is 0 Å². The van der Waals surface area contributed by atoms with Gasteiger partial charge in [-0.1, -0.05) is 90.5 Å². The molecule has 0 saturated carbocycles. The first-order valence-electron chi connectivity index (χ1n) is 8.79. The summed E-state index contributed by atoms with van der Waals surface area (Å²) >= 11 is 0. The predicted molar refractivity (Wildman–Crippen MR) is 111 cm³/mol. The molecule has 0 aromatic heterocycles. The summed E-state index contributed by atoms with van der Waals surface area (Å²) in [5.41, 5.74) is 3.11. The summed E-state index contributed by atoms with van der Waals surface area (Å²) in [4.78, 5) is 0. The third kappa shape index (κ3) is 9.83. The van der Waals surface area contributed by atoms with Gasteiger partial charge in [0.15, 0.2) is 0 Å². The van der Waals surface area contributed by atoms with Crippen molar-refractivity contribution < 1.29 is 9.50 Å². The predicted octanol–water partition coefficient (Wildman–Crippen LogP) is 6.67. The molecule has 0 aromatic rings. The number of hydrogen-bond donors (Lipinski definition) is 1. The van der Waals surface area contributed by atoms with E-state index in [9.17, 15) is 4.39 Å². The van der Waals surface area contributed by atoms with E-state index in [2.05, 4.69) is 32.9 Å². The highest BCUT2D eigenvalue weighted by Crippen LogP contribution is 2.29. The molecule has 0 aliphatic heterocycles. The maximum Gasteiger partial charge on any atom is 0.132 e. The van der Waals surface area contributed by atoms with Crippen LogP contribution in [-0.4, -0.2) is 17.9 Å². The van der Waals surface area contributed by atoms with Crippen LogP contribution in [0.5, 0.6) is 0 Å². The molecule has 0 rings (SSSR count). The van der Waals surface area contributed by atoms with Gasteiger partial charge >= 0.3 is 0 Å². The maximum atomic E-state index is 14.7. The monoisotopic (exact) mass is 346 g/mol. The van der Waals surface area contributed by atoms with Gasteiger partial charge in [0.1, 0.15) is 6.17 Å². The Balaban J connectivity index is 0. The molecule has 0 spiro atoms. The van der Waals surface area contributed by atoms with Crippen molar-refractivity contribution in [3.63, 3.8) is 0 Å². The SMILES string of the molecule is C=C(/C=C\C(=C)C(=C)C(F)C(C)C(=C)C(=C)/C=C\CCO)CC.CC. The number of rotatable bonds is 11. The Labute approximate surface area is 154 Å². The molecular formula is C23H35FO. The number of hydrogen-bond acceptors (Lipinski definition) is 1. The van der Waals surface area contributed by atoms with Gasteiger partial charge in [0, 0.05) is 12.5 Å². The van der Waals surface area contributed by atoms with Gasteiger partial charge in [-0.15, -0.1) is 0 Å². The molecule has 25 heavy (non-hydrogen) atoms. The minimum absolute atomic E-state index is 0.0730. The van der Waals surface area contributed by atoms with Gasteiger partial charge in [-0.25, -0.2) is 4.39 Å². The molecule has 0 fully saturated rings. The molecule has 0 amide bonds. The Morgan fingerprint density at radius 2 is 1.48 bits per heavy atom. The average Bonchev–Trinajstić information content (AvgIpc) is 2.64. The van der Waals surface area contributed by atoms with E-state index < -0.39 is 12.1 Å². The quantitative estimate of drug-likeness (QED) is 0.414. The molecule has 2 unspecified atom stereocenters. The fourth-order valence-corrected chi connectivity index (χ4v) is 1.80. The molecule has 0 aliphatic rings. The lowest BCUT2D eigenvalue weighted by molar-refractivity contribution is 0.302. The van der Waals surface area contributed by atoms with Crippen molar-refractivity contribution in [2.75, 3.05) is 6.61 Å². The summed E-state index contributed by atoms with van der Waals surface area (Å²) in [5.74, 6) is -0.451. The van der Waals surface area contributed by atoms with Crippen LogP contribution in [-0.2, 0) is 0 Å². The molecule has 1 nitrogen and oxygen atoms in total. The third-order valence-corrected chi connectivity index (χ3v) is 3.74. The number of alkyl halides is 1. The van der Waals surface area contributed by atoms with E-state index in [0.717, 1.165) is 12.0 Å². The summed E-state index contributed by atoms with van der Waals surface area (Å²) < 4.78 is 14.7. The summed E-state index contributed by atoms with van der Waals surface area (Å²) in [5, 5.41) is 8.76. The lowest BCUT2D eigenvalue weighted by atomic mass is 9.86. The van der Waals surface area contributed by atoms with Gasteiger partial charge in [0.2, 0.25) is 0 Å². The van der Waals surface area contributed by atoms with Gasteiger partial charge in [-0.2, -0.15) is 0 Å². The Hall–Kier alpha value is -1.93. The van der Waals surface area contributed by atoms with E-state index in [-0.39, 0.29) is 6.61 Å². The summed E-state index contributed by atoms with van der Waals surface area (Å²) in [6.45, 7) is 27.2. The van der Waals surface area contributed by atoms with Crippen molar-refractivity contribution in [3.05, 3.63) is 85.1 Å². The lowest BCUT2D eigenvalue weighted by Gasteiger charge is -2.22. The fourth-order valence-electron chi connectivity index (χ4n) is 1.80. The number of halogens is 1. The van der Waals surface area contributed by atoms with Crippen LogP contribution in [0, 0.1) is 5.92 Å². The topological polar surface area (TPSA) is 20.2 Å². The van der Waals surface area contributed by atoms with Gasteiger partial charge in [0.05, 0.1) is 0 Å². The van der Waals surface area contributed by atoms with Gasteiger partial charge in [-0.05, 0) is 35.1 Å². The summed E-state index contributed by atoms with van der Waals surface area (Å²) in [6, 6.07) is 0. The highest BCUT2D eigenvalue weighted by atomic mass is 19.1. The van der Waals surface area contributed by atoms with E-state index in [1.165, 1.54) is 0 Å². The largest absolute Gasteiger partial charge is 0.396 e. The third-order valence-electron chi connectivity index (χ3n) is 3.74. The van der Waals surface area contributed by atoms with E-state index in [1.54, 1.807) is 25.2 Å². The summed E-state index contributed by atoms with van der Waals surface area (Å²) in [6.07, 6.45) is 7.21. The van der Waals surface area contributed by atoms with Crippen LogP contribution in [0.15, 0.2) is 85.1 Å². The molecule has 0 heterocycles. The van der Waals surface area contributed by atoms with Gasteiger partial charge < -0.3 is 5.11 Å². The second-order valence-corrected chi connectivity index (χ2v) is 5.55. The first kappa shape index (κ1) is 25.3. The summed E-state index contributed by atoms with van der Waals surface area (Å²) in [7, 11) is 0. The molecule has 1 N–H and O–H groups in total. The van der Waals surface area contributed by atoms with Crippen molar-refractivity contribution in [1.29, 1.82) is 0 Å². The van der Waals surface area contributed by atoms with Crippen molar-refractivity contribution in [1.82, 2.24) is 0 Å². The van der Waals surface area contributed by atoms with Crippen LogP contribution in [0.1, 0.15) is 40.5 Å². The molecular weight excluding hydrogens is 311 g/mol. The second kappa shape index (κ2) is 14.4. The zero-order valence-corrected chi connectivity index (χ0v) is 16.4. The Kier molecular flexibility index (Phi) is 14.6. The van der Waals surface area contributed by atoms with E-state index in [0.29, 0.717) is 28.7 Å². The van der Waals surface area contributed by atoms with Crippen LogP contribution in [0.4, 0.5) is 4.39 Å². The first-order chi connectivity index (χ1) is 11.8. The minimum atomic E-state index is -1.28. The Morgan fingerprint density at radius 1 is 0.960 bits per heavy atom. The Bertz CT molecular complexity index is 534. The minimum Gasteiger partial charge on any atom is -0.396 e. The Morgan fingerprint density at radius 3 is 1.96 bits per heavy atom. The number of aliphatic hydroxyl groups excluding tert-OH is 1. The molecule has 0 saturated heterocycles. The average molecular weight is 347 g/mol. The van der Waals surface area contributed by atoms with Crippen LogP contribution < -0.4 is 0 Å². The van der Waals surface area contributed by atoms with Crippen molar-refractivity contribution in [3.8, 4) is 0 Å². The van der Waals surface area contributed by atoms with Crippen molar-refractivity contribution in [2.24, 2.45) is 5.92 Å². The van der Waals surface area contributed by atoms with E-state index >= 15 is 0 Å². The highest BCUT2D eigenvalue weighted by Gasteiger charge is 2.23. The molecule has 140 valence electrons. The molecule has 2 heteroatoms. The maximum absolute atomic E-state index is 14.7. The molecule has 0 bridgehead atoms. The normalized spacial score (nSPS) is 13.0. The van der Waals surface area contributed by atoms with Gasteiger partial charge in [0.25, 0.3) is 0 Å². The van der Waals surface area contributed by atoms with Crippen LogP contribution in [0.3, 0.4) is 0 Å². The van der Waals surface area contributed by atoms with Crippen molar-refractivity contribution in [2.45, 2.75) is 46.7 Å². The zero-order valence-electron chi connectivity index (χ0n) is 16.4. The standard InChI is InChI=1S/C21H29FO.C2H6/c1-8-15(2)12-13-17(4)19(6)21(22)20(7)18(5)16(3)11-9-10-14-23;1-2/h9,11-13,20-21,23H,2-6,8,10,14H2,1,7H3;1-2H3/b11-9-,13-12-;. The smallest absolute Gasteiger partial charge is 0.132 e. The lowest BCUT2D eigenvalue weighted by Crippen LogP contribution is -2.18. The van der Waals surface area contributed by atoms with Crippen LogP contribution in [0.25, 0.3) is 0 Å². The van der Waals surface area contributed by atoms with Gasteiger partial charge in [-0.3, -0.25) is 0 Å². The molecule has 2 atom stereocenters.